The van der Waals surface area contributed by atoms with E-state index in [1.165, 1.54) is 19.1 Å². The van der Waals surface area contributed by atoms with E-state index in [2.05, 4.69) is 10.1 Å². The Kier molecular flexibility index (Phi) is 6.46. The van der Waals surface area contributed by atoms with E-state index in [-0.39, 0.29) is 5.69 Å². The summed E-state index contributed by atoms with van der Waals surface area (Å²) in [6.45, 7) is 5.05. The number of sulfonamides is 1. The minimum Gasteiger partial charge on any atom is -0.406 e. The Labute approximate surface area is 167 Å². The second-order valence-electron chi connectivity index (χ2n) is 6.64. The van der Waals surface area contributed by atoms with Crippen LogP contribution in [0.15, 0.2) is 42.5 Å². The fraction of sp³-hybridized carbons (Fsp3) is 0.316. The number of carbonyl (C=O) groups is 1. The molecule has 2 aromatic rings. The first-order chi connectivity index (χ1) is 13.3. The van der Waals surface area contributed by atoms with E-state index in [4.69, 9.17) is 0 Å². The molecule has 0 saturated heterocycles. The monoisotopic (exact) mass is 430 g/mol. The Balaban J connectivity index is 2.23. The molecule has 29 heavy (non-hydrogen) atoms. The molecule has 0 radical (unpaired) electrons. The number of amides is 1. The molecule has 0 aliphatic carbocycles. The van der Waals surface area contributed by atoms with Crippen LogP contribution in [0.3, 0.4) is 0 Å². The van der Waals surface area contributed by atoms with Gasteiger partial charge in [-0.1, -0.05) is 6.07 Å². The van der Waals surface area contributed by atoms with Gasteiger partial charge in [0, 0.05) is 5.69 Å². The van der Waals surface area contributed by atoms with Crippen LogP contribution in [-0.4, -0.2) is 33.0 Å². The van der Waals surface area contributed by atoms with E-state index in [0.29, 0.717) is 5.69 Å². The molecule has 158 valence electrons. The molecule has 0 heterocycles. The highest BCUT2D eigenvalue weighted by molar-refractivity contribution is 7.92. The van der Waals surface area contributed by atoms with Crippen molar-refractivity contribution in [1.82, 2.24) is 0 Å². The topological polar surface area (TPSA) is 75.7 Å². The van der Waals surface area contributed by atoms with Crippen molar-refractivity contribution in [3.05, 3.63) is 53.6 Å². The molecular weight excluding hydrogens is 409 g/mol. The van der Waals surface area contributed by atoms with E-state index in [1.807, 2.05) is 19.9 Å². The van der Waals surface area contributed by atoms with Gasteiger partial charge >= 0.3 is 6.36 Å². The number of alkyl halides is 3. The highest BCUT2D eigenvalue weighted by Gasteiger charge is 2.31. The lowest BCUT2D eigenvalue weighted by atomic mass is 10.1. The molecule has 6 nitrogen and oxygen atoms in total. The number of hydrogen-bond donors (Lipinski definition) is 1. The van der Waals surface area contributed by atoms with Crippen molar-refractivity contribution in [2.45, 2.75) is 33.2 Å². The van der Waals surface area contributed by atoms with Crippen molar-refractivity contribution in [3.8, 4) is 5.75 Å². The molecule has 0 aromatic heterocycles. The SMILES string of the molecule is Cc1cc(C)cc(N([C@H](C)C(=O)Nc2ccc(OC(F)(F)F)cc2)S(C)(=O)=O)c1. The average Bonchev–Trinajstić information content (AvgIpc) is 2.53. The highest BCUT2D eigenvalue weighted by Crippen LogP contribution is 2.26. The summed E-state index contributed by atoms with van der Waals surface area (Å²) in [6.07, 6.45) is -3.82. The summed E-state index contributed by atoms with van der Waals surface area (Å²) in [4.78, 5) is 12.6. The minimum absolute atomic E-state index is 0.199. The molecule has 1 amide bonds. The van der Waals surface area contributed by atoms with Crippen molar-refractivity contribution >= 4 is 27.3 Å². The molecule has 0 fully saturated rings. The molecule has 10 heteroatoms. The third-order valence-corrected chi connectivity index (χ3v) is 5.15. The van der Waals surface area contributed by atoms with Crippen LogP contribution in [0.2, 0.25) is 0 Å². The average molecular weight is 430 g/mol. The van der Waals surface area contributed by atoms with Gasteiger partial charge in [0.05, 0.1) is 11.9 Å². The maximum absolute atomic E-state index is 12.6. The van der Waals surface area contributed by atoms with E-state index in [0.717, 1.165) is 33.8 Å². The smallest absolute Gasteiger partial charge is 0.406 e. The summed E-state index contributed by atoms with van der Waals surface area (Å²) in [7, 11) is -3.79. The molecule has 2 rings (SSSR count). The van der Waals surface area contributed by atoms with Gasteiger partial charge in [-0.2, -0.15) is 0 Å². The van der Waals surface area contributed by atoms with Crippen LogP contribution in [0.4, 0.5) is 24.5 Å². The maximum Gasteiger partial charge on any atom is 0.573 e. The Morgan fingerprint density at radius 2 is 1.59 bits per heavy atom. The number of nitrogens with zero attached hydrogens (tertiary/aromatic N) is 1. The van der Waals surface area contributed by atoms with Crippen LogP contribution in [-0.2, 0) is 14.8 Å². The zero-order valence-electron chi connectivity index (χ0n) is 16.2. The predicted molar refractivity (Wildman–Crippen MR) is 104 cm³/mol. The second kappa shape index (κ2) is 8.32. The molecule has 1 N–H and O–H groups in total. The zero-order valence-corrected chi connectivity index (χ0v) is 17.1. The maximum atomic E-state index is 12.6. The molecule has 1 atom stereocenters. The van der Waals surface area contributed by atoms with Crippen LogP contribution < -0.4 is 14.4 Å². The van der Waals surface area contributed by atoms with Gasteiger partial charge < -0.3 is 10.1 Å². The van der Waals surface area contributed by atoms with Crippen molar-refractivity contribution < 1.29 is 31.1 Å². The molecular formula is C19H21F3N2O4S. The summed E-state index contributed by atoms with van der Waals surface area (Å²) in [5.41, 5.74) is 2.22. The van der Waals surface area contributed by atoms with E-state index >= 15 is 0 Å². The van der Waals surface area contributed by atoms with Crippen molar-refractivity contribution in [1.29, 1.82) is 0 Å². The summed E-state index contributed by atoms with van der Waals surface area (Å²) in [6, 6.07) is 8.64. The summed E-state index contributed by atoms with van der Waals surface area (Å²) in [5, 5.41) is 2.50. The van der Waals surface area contributed by atoms with Gasteiger partial charge in [0.2, 0.25) is 15.9 Å². The lowest BCUT2D eigenvalue weighted by molar-refractivity contribution is -0.274. The summed E-state index contributed by atoms with van der Waals surface area (Å²) < 4.78 is 66.1. The minimum atomic E-state index is -4.82. The predicted octanol–water partition coefficient (Wildman–Crippen LogP) is 4.00. The third kappa shape index (κ3) is 6.38. The number of nitrogens with one attached hydrogen (secondary N) is 1. The van der Waals surface area contributed by atoms with Gasteiger partial charge in [-0.3, -0.25) is 9.10 Å². The van der Waals surface area contributed by atoms with Gasteiger partial charge in [0.15, 0.2) is 0 Å². The van der Waals surface area contributed by atoms with Gasteiger partial charge in [0.25, 0.3) is 0 Å². The number of benzene rings is 2. The fourth-order valence-corrected chi connectivity index (χ4v) is 4.03. The standard InChI is InChI=1S/C19H21F3N2O4S/c1-12-9-13(2)11-16(10-12)24(29(4,26)27)14(3)18(25)23-15-5-7-17(8-6-15)28-19(20,21)22/h5-11,14H,1-4H3,(H,23,25)/t14-/m1/s1. The number of ether oxygens (including phenoxy) is 1. The molecule has 0 saturated carbocycles. The molecule has 0 aliphatic heterocycles. The summed E-state index contributed by atoms with van der Waals surface area (Å²) in [5.74, 6) is -1.07. The number of hydrogen-bond acceptors (Lipinski definition) is 4. The van der Waals surface area contributed by atoms with Crippen molar-refractivity contribution in [2.75, 3.05) is 15.9 Å². The lowest BCUT2D eigenvalue weighted by Crippen LogP contribution is -2.45. The highest BCUT2D eigenvalue weighted by atomic mass is 32.2. The second-order valence-corrected chi connectivity index (χ2v) is 8.50. The Morgan fingerprint density at radius 1 is 1.07 bits per heavy atom. The number of rotatable bonds is 6. The number of anilines is 2. The molecule has 2 aromatic carbocycles. The number of halogens is 3. The van der Waals surface area contributed by atoms with Gasteiger partial charge in [-0.25, -0.2) is 8.42 Å². The van der Waals surface area contributed by atoms with E-state index < -0.39 is 34.1 Å². The first-order valence-corrected chi connectivity index (χ1v) is 10.4. The quantitative estimate of drug-likeness (QED) is 0.752. The van der Waals surface area contributed by atoms with Crippen LogP contribution in [0, 0.1) is 13.8 Å². The van der Waals surface area contributed by atoms with Crippen LogP contribution >= 0.6 is 0 Å². The molecule has 0 aliphatic rings. The normalized spacial score (nSPS) is 12.9. The van der Waals surface area contributed by atoms with E-state index in [9.17, 15) is 26.4 Å². The first-order valence-electron chi connectivity index (χ1n) is 8.50. The summed E-state index contributed by atoms with van der Waals surface area (Å²) >= 11 is 0. The molecule has 0 spiro atoms. The third-order valence-electron chi connectivity index (χ3n) is 3.90. The van der Waals surface area contributed by atoms with Crippen molar-refractivity contribution in [2.24, 2.45) is 0 Å². The van der Waals surface area contributed by atoms with Crippen LogP contribution in [0.25, 0.3) is 0 Å². The van der Waals surface area contributed by atoms with E-state index in [1.54, 1.807) is 12.1 Å². The van der Waals surface area contributed by atoms with Gasteiger partial charge in [-0.05, 0) is 68.3 Å². The largest absolute Gasteiger partial charge is 0.573 e. The number of aryl methyl sites for hydroxylation is 2. The zero-order chi connectivity index (χ0) is 22.0. The van der Waals surface area contributed by atoms with Crippen LogP contribution in [0.5, 0.6) is 5.75 Å². The fourth-order valence-electron chi connectivity index (χ4n) is 2.87. The first kappa shape index (κ1) is 22.5. The molecule has 0 bridgehead atoms. The Bertz CT molecular complexity index is 969. The van der Waals surface area contributed by atoms with Gasteiger partial charge in [0.1, 0.15) is 11.8 Å². The van der Waals surface area contributed by atoms with Crippen LogP contribution in [0.1, 0.15) is 18.1 Å². The lowest BCUT2D eigenvalue weighted by Gasteiger charge is -2.28. The Hall–Kier alpha value is -2.75. The molecule has 0 unspecified atom stereocenters. The number of carbonyl (C=O) groups excluding carboxylic acids is 1. The Morgan fingerprint density at radius 3 is 2.03 bits per heavy atom. The van der Waals surface area contributed by atoms with Crippen molar-refractivity contribution in [3.63, 3.8) is 0 Å². The van der Waals surface area contributed by atoms with Gasteiger partial charge in [-0.15, -0.1) is 13.2 Å².